The molecule has 2 rings (SSSR count). The van der Waals surface area contributed by atoms with Gasteiger partial charge in [0.2, 0.25) is 0 Å². The van der Waals surface area contributed by atoms with Gasteiger partial charge < -0.3 is 29.5 Å². The van der Waals surface area contributed by atoms with Gasteiger partial charge in [0.15, 0.2) is 11.5 Å². The first-order valence-corrected chi connectivity index (χ1v) is 9.95. The molecule has 2 aromatic carbocycles. The minimum atomic E-state index is -0.561. The Morgan fingerprint density at radius 3 is 2.38 bits per heavy atom. The maximum Gasteiger partial charge on any atom is 0.161 e. The van der Waals surface area contributed by atoms with Gasteiger partial charge in [-0.25, -0.2) is 0 Å². The maximum absolute atomic E-state index is 10.2. The largest absolute Gasteiger partial charge is 0.496 e. The third-order valence-electron chi connectivity index (χ3n) is 4.88. The van der Waals surface area contributed by atoms with E-state index in [-0.39, 0.29) is 6.61 Å². The summed E-state index contributed by atoms with van der Waals surface area (Å²) < 4.78 is 16.6. The van der Waals surface area contributed by atoms with Gasteiger partial charge in [0, 0.05) is 31.2 Å². The van der Waals surface area contributed by atoms with Crippen LogP contribution in [0.25, 0.3) is 0 Å². The number of benzene rings is 2. The van der Waals surface area contributed by atoms with E-state index in [1.165, 1.54) is 0 Å². The second-order valence-corrected chi connectivity index (χ2v) is 7.40. The van der Waals surface area contributed by atoms with Crippen molar-refractivity contribution >= 4 is 0 Å². The summed E-state index contributed by atoms with van der Waals surface area (Å²) in [5, 5.41) is 13.6. The van der Waals surface area contributed by atoms with Gasteiger partial charge in [-0.1, -0.05) is 24.3 Å². The van der Waals surface area contributed by atoms with Crippen LogP contribution in [0, 0.1) is 0 Å². The molecule has 0 aliphatic rings. The predicted octanol–water partition coefficient (Wildman–Crippen LogP) is 3.07. The number of rotatable bonds is 12. The van der Waals surface area contributed by atoms with Gasteiger partial charge in [0.05, 0.1) is 14.2 Å². The van der Waals surface area contributed by atoms with Crippen molar-refractivity contribution in [2.45, 2.75) is 39.1 Å². The average Bonchev–Trinajstić information content (AvgIpc) is 2.72. The Labute approximate surface area is 174 Å². The number of para-hydroxylation sites is 1. The molecule has 0 saturated carbocycles. The van der Waals surface area contributed by atoms with Crippen molar-refractivity contribution in [2.75, 3.05) is 34.4 Å². The number of methoxy groups -OCH3 is 2. The summed E-state index contributed by atoms with van der Waals surface area (Å²) in [6, 6.07) is 14.2. The predicted molar refractivity (Wildman–Crippen MR) is 116 cm³/mol. The lowest BCUT2D eigenvalue weighted by molar-refractivity contribution is 0.0668. The monoisotopic (exact) mass is 402 g/mol. The SMILES string of the molecule is COc1ccccc1CNCc1ccc(OC[C@@H](O)CN(C)C(C)C)c(OC)c1. The van der Waals surface area contributed by atoms with Crippen molar-refractivity contribution in [3.63, 3.8) is 0 Å². The molecule has 0 fully saturated rings. The molecular formula is C23H34N2O4. The van der Waals surface area contributed by atoms with Crippen LogP contribution in [0.1, 0.15) is 25.0 Å². The summed E-state index contributed by atoms with van der Waals surface area (Å²) in [5.41, 5.74) is 2.20. The molecule has 0 aromatic heterocycles. The number of nitrogens with one attached hydrogen (secondary N) is 1. The highest BCUT2D eigenvalue weighted by Gasteiger charge is 2.13. The standard InChI is InChI=1S/C23H34N2O4/c1-17(2)25(3)15-20(26)16-29-22-11-10-18(12-23(22)28-5)13-24-14-19-8-6-7-9-21(19)27-4/h6-12,17,20,24,26H,13-16H2,1-5H3/t20-/m0/s1. The van der Waals surface area contributed by atoms with Gasteiger partial charge in [0.1, 0.15) is 18.5 Å². The number of likely N-dealkylation sites (N-methyl/N-ethyl adjacent to an activating group) is 1. The highest BCUT2D eigenvalue weighted by molar-refractivity contribution is 5.43. The van der Waals surface area contributed by atoms with E-state index in [1.807, 2.05) is 49.5 Å². The molecule has 2 aromatic rings. The number of ether oxygens (including phenoxy) is 3. The highest BCUT2D eigenvalue weighted by atomic mass is 16.5. The first-order valence-electron chi connectivity index (χ1n) is 9.95. The zero-order valence-corrected chi connectivity index (χ0v) is 18.1. The van der Waals surface area contributed by atoms with Gasteiger partial charge >= 0.3 is 0 Å². The topological polar surface area (TPSA) is 63.2 Å². The van der Waals surface area contributed by atoms with E-state index in [9.17, 15) is 5.11 Å². The van der Waals surface area contributed by atoms with Crippen molar-refractivity contribution in [3.05, 3.63) is 53.6 Å². The van der Waals surface area contributed by atoms with E-state index in [0.717, 1.165) is 16.9 Å². The molecule has 0 aliphatic carbocycles. The summed E-state index contributed by atoms with van der Waals surface area (Å²) in [6.45, 7) is 6.37. The molecular weight excluding hydrogens is 368 g/mol. The quantitative estimate of drug-likeness (QED) is 0.569. The van der Waals surface area contributed by atoms with Crippen molar-refractivity contribution in [1.82, 2.24) is 10.2 Å². The Hall–Kier alpha value is -2.28. The summed E-state index contributed by atoms with van der Waals surface area (Å²) in [5.74, 6) is 2.17. The molecule has 0 saturated heterocycles. The fraction of sp³-hybridized carbons (Fsp3) is 0.478. The fourth-order valence-corrected chi connectivity index (χ4v) is 2.91. The molecule has 0 aliphatic heterocycles. The van der Waals surface area contributed by atoms with Gasteiger partial charge in [-0.05, 0) is 44.7 Å². The summed E-state index contributed by atoms with van der Waals surface area (Å²) >= 11 is 0. The summed E-state index contributed by atoms with van der Waals surface area (Å²) in [7, 11) is 5.29. The average molecular weight is 403 g/mol. The lowest BCUT2D eigenvalue weighted by Crippen LogP contribution is -2.36. The van der Waals surface area contributed by atoms with E-state index < -0.39 is 6.10 Å². The van der Waals surface area contributed by atoms with E-state index in [0.29, 0.717) is 37.2 Å². The zero-order chi connectivity index (χ0) is 21.2. The Kier molecular flexibility index (Phi) is 9.25. The molecule has 1 atom stereocenters. The summed E-state index contributed by atoms with van der Waals surface area (Å²) in [4.78, 5) is 2.09. The van der Waals surface area contributed by atoms with Crippen LogP contribution in [0.15, 0.2) is 42.5 Å². The van der Waals surface area contributed by atoms with Gasteiger partial charge in [-0.2, -0.15) is 0 Å². The first kappa shape index (κ1) is 23.0. The molecule has 29 heavy (non-hydrogen) atoms. The molecule has 0 radical (unpaired) electrons. The smallest absolute Gasteiger partial charge is 0.161 e. The van der Waals surface area contributed by atoms with Crippen molar-refractivity contribution in [3.8, 4) is 17.2 Å². The van der Waals surface area contributed by atoms with E-state index in [2.05, 4.69) is 24.1 Å². The molecule has 0 heterocycles. The van der Waals surface area contributed by atoms with Gasteiger partial charge in [-0.3, -0.25) is 0 Å². The first-order chi connectivity index (χ1) is 13.9. The third kappa shape index (κ3) is 7.24. The molecule has 6 heteroatoms. The van der Waals surface area contributed by atoms with Crippen LogP contribution < -0.4 is 19.5 Å². The fourth-order valence-electron chi connectivity index (χ4n) is 2.91. The van der Waals surface area contributed by atoms with Crippen molar-refractivity contribution in [2.24, 2.45) is 0 Å². The van der Waals surface area contributed by atoms with Crippen LogP contribution >= 0.6 is 0 Å². The number of hydrogen-bond acceptors (Lipinski definition) is 6. The highest BCUT2D eigenvalue weighted by Crippen LogP contribution is 2.28. The molecule has 2 N–H and O–H groups in total. The maximum atomic E-state index is 10.2. The van der Waals surface area contributed by atoms with Crippen molar-refractivity contribution < 1.29 is 19.3 Å². The summed E-state index contributed by atoms with van der Waals surface area (Å²) in [6.07, 6.45) is -0.561. The van der Waals surface area contributed by atoms with E-state index >= 15 is 0 Å². The molecule has 0 amide bonds. The molecule has 0 unspecified atom stereocenters. The number of aliphatic hydroxyl groups excluding tert-OH is 1. The third-order valence-corrected chi connectivity index (χ3v) is 4.88. The minimum absolute atomic E-state index is 0.221. The second-order valence-electron chi connectivity index (χ2n) is 7.40. The van der Waals surface area contributed by atoms with Crippen LogP contribution in [0.2, 0.25) is 0 Å². The lowest BCUT2D eigenvalue weighted by Gasteiger charge is -2.24. The lowest BCUT2D eigenvalue weighted by atomic mass is 10.1. The van der Waals surface area contributed by atoms with Crippen LogP contribution in [0.5, 0.6) is 17.2 Å². The molecule has 160 valence electrons. The Bertz CT molecular complexity index is 751. The number of aliphatic hydroxyl groups is 1. The van der Waals surface area contributed by atoms with Crippen LogP contribution in [0.4, 0.5) is 0 Å². The van der Waals surface area contributed by atoms with Crippen LogP contribution in [-0.4, -0.2) is 56.6 Å². The molecule has 6 nitrogen and oxygen atoms in total. The van der Waals surface area contributed by atoms with E-state index in [1.54, 1.807) is 14.2 Å². The van der Waals surface area contributed by atoms with Crippen LogP contribution in [0.3, 0.4) is 0 Å². The Balaban J connectivity index is 1.89. The van der Waals surface area contributed by atoms with Crippen LogP contribution in [-0.2, 0) is 13.1 Å². The second kappa shape index (κ2) is 11.7. The zero-order valence-electron chi connectivity index (χ0n) is 18.1. The number of hydrogen-bond donors (Lipinski definition) is 2. The van der Waals surface area contributed by atoms with Gasteiger partial charge in [-0.15, -0.1) is 0 Å². The Morgan fingerprint density at radius 2 is 1.69 bits per heavy atom. The van der Waals surface area contributed by atoms with E-state index in [4.69, 9.17) is 14.2 Å². The Morgan fingerprint density at radius 1 is 0.966 bits per heavy atom. The normalized spacial score (nSPS) is 12.3. The number of nitrogens with zero attached hydrogens (tertiary/aromatic N) is 1. The molecule has 0 bridgehead atoms. The molecule has 0 spiro atoms. The van der Waals surface area contributed by atoms with Crippen molar-refractivity contribution in [1.29, 1.82) is 0 Å². The van der Waals surface area contributed by atoms with Gasteiger partial charge in [0.25, 0.3) is 0 Å². The minimum Gasteiger partial charge on any atom is -0.496 e.